The normalized spacial score (nSPS) is 11.8. The van der Waals surface area contributed by atoms with E-state index in [1.54, 1.807) is 6.20 Å². The molecule has 3 aromatic rings. The number of aromatic nitrogens is 1. The third-order valence-electron chi connectivity index (χ3n) is 4.11. The van der Waals surface area contributed by atoms with Crippen LogP contribution in [-0.4, -0.2) is 35.3 Å². The van der Waals surface area contributed by atoms with E-state index in [1.165, 1.54) is 25.1 Å². The molecule has 144 valence electrons. The Bertz CT molecular complexity index is 1060. The van der Waals surface area contributed by atoms with Crippen molar-refractivity contribution in [3.8, 4) is 0 Å². The lowest BCUT2D eigenvalue weighted by Crippen LogP contribution is -2.34. The molecular formula is C20H16Cl2N2O4. The van der Waals surface area contributed by atoms with Gasteiger partial charge in [0.05, 0.1) is 10.0 Å². The molecule has 0 saturated carbocycles. The van der Waals surface area contributed by atoms with Crippen molar-refractivity contribution < 1.29 is 19.1 Å². The van der Waals surface area contributed by atoms with Gasteiger partial charge < -0.3 is 15.0 Å². The van der Waals surface area contributed by atoms with Gasteiger partial charge in [-0.1, -0.05) is 41.4 Å². The molecule has 2 N–H and O–H groups in total. The number of fused-ring (bicyclic) bond motifs is 1. The summed E-state index contributed by atoms with van der Waals surface area (Å²) in [6.07, 6.45) is 0.595. The van der Waals surface area contributed by atoms with Gasteiger partial charge in [0.1, 0.15) is 6.54 Å². The van der Waals surface area contributed by atoms with Gasteiger partial charge in [-0.15, -0.1) is 0 Å². The van der Waals surface area contributed by atoms with Crippen LogP contribution in [0.1, 0.15) is 27.6 Å². The number of esters is 1. The third kappa shape index (κ3) is 4.35. The smallest absolute Gasteiger partial charge is 0.326 e. The third-order valence-corrected chi connectivity index (χ3v) is 4.85. The van der Waals surface area contributed by atoms with E-state index in [2.05, 4.69) is 10.3 Å². The summed E-state index contributed by atoms with van der Waals surface area (Å²) >= 11 is 11.7. The molecule has 1 heterocycles. The number of carbonyl (C=O) groups excluding carboxylic acids is 3. The number of halogens is 2. The van der Waals surface area contributed by atoms with Crippen LogP contribution in [0.4, 0.5) is 0 Å². The number of para-hydroxylation sites is 1. The molecule has 1 amide bonds. The highest BCUT2D eigenvalue weighted by Crippen LogP contribution is 2.22. The Balaban J connectivity index is 1.57. The molecule has 1 aromatic heterocycles. The number of Topliss-reactive ketones (excluding diaryl/α,β-unsaturated/α-hetero) is 1. The molecule has 1 atom stereocenters. The van der Waals surface area contributed by atoms with Crippen LogP contribution in [0, 0.1) is 0 Å². The zero-order chi connectivity index (χ0) is 20.3. The molecule has 0 spiro atoms. The second-order valence-corrected chi connectivity index (χ2v) is 6.87. The molecule has 0 saturated heterocycles. The Morgan fingerprint density at radius 1 is 1.11 bits per heavy atom. The number of benzene rings is 2. The Labute approximate surface area is 170 Å². The monoisotopic (exact) mass is 418 g/mol. The first-order valence-corrected chi connectivity index (χ1v) is 9.15. The average Bonchev–Trinajstić information content (AvgIpc) is 3.11. The highest BCUT2D eigenvalue weighted by atomic mass is 35.5. The van der Waals surface area contributed by atoms with Gasteiger partial charge in [0.15, 0.2) is 6.10 Å². The SMILES string of the molecule is CC(OC(=O)CNC(=O)c1ccc(Cl)c(Cl)c1)C(=O)c1c[nH]c2ccccc12. The van der Waals surface area contributed by atoms with Gasteiger partial charge in [0.25, 0.3) is 5.91 Å². The Hall–Kier alpha value is -2.83. The number of ether oxygens (including phenoxy) is 1. The predicted octanol–water partition coefficient (Wildman–Crippen LogP) is 4.02. The van der Waals surface area contributed by atoms with Crippen molar-refractivity contribution in [2.45, 2.75) is 13.0 Å². The summed E-state index contributed by atoms with van der Waals surface area (Å²) in [4.78, 5) is 39.7. The zero-order valence-corrected chi connectivity index (χ0v) is 16.3. The number of rotatable bonds is 6. The zero-order valence-electron chi connectivity index (χ0n) is 14.8. The fraction of sp³-hybridized carbons (Fsp3) is 0.150. The summed E-state index contributed by atoms with van der Waals surface area (Å²) in [5.74, 6) is -1.57. The molecule has 0 aliphatic rings. The maximum Gasteiger partial charge on any atom is 0.326 e. The molecule has 2 aromatic carbocycles. The first-order valence-electron chi connectivity index (χ1n) is 8.40. The summed E-state index contributed by atoms with van der Waals surface area (Å²) in [6, 6.07) is 11.7. The van der Waals surface area contributed by atoms with E-state index >= 15 is 0 Å². The fourth-order valence-electron chi connectivity index (χ4n) is 2.68. The van der Waals surface area contributed by atoms with Crippen molar-refractivity contribution in [3.05, 3.63) is 69.8 Å². The summed E-state index contributed by atoms with van der Waals surface area (Å²) in [6.45, 7) is 1.10. The number of ketones is 1. The molecule has 6 nitrogen and oxygen atoms in total. The molecule has 0 aliphatic carbocycles. The first-order chi connectivity index (χ1) is 13.4. The van der Waals surface area contributed by atoms with E-state index in [1.807, 2.05) is 24.3 Å². The second-order valence-electron chi connectivity index (χ2n) is 6.06. The fourth-order valence-corrected chi connectivity index (χ4v) is 2.98. The van der Waals surface area contributed by atoms with Crippen molar-refractivity contribution in [3.63, 3.8) is 0 Å². The summed E-state index contributed by atoms with van der Waals surface area (Å²) < 4.78 is 5.15. The quantitative estimate of drug-likeness (QED) is 0.467. The van der Waals surface area contributed by atoms with Gasteiger partial charge in [0, 0.05) is 28.2 Å². The number of hydrogen-bond acceptors (Lipinski definition) is 4. The molecule has 8 heteroatoms. The minimum absolute atomic E-state index is 0.231. The van der Waals surface area contributed by atoms with Crippen LogP contribution in [0.3, 0.4) is 0 Å². The summed E-state index contributed by atoms with van der Waals surface area (Å²) in [5, 5.41) is 3.73. The average molecular weight is 419 g/mol. The molecule has 0 radical (unpaired) electrons. The molecule has 3 rings (SSSR count). The molecule has 28 heavy (non-hydrogen) atoms. The van der Waals surface area contributed by atoms with Crippen LogP contribution >= 0.6 is 23.2 Å². The van der Waals surface area contributed by atoms with Gasteiger partial charge in [-0.05, 0) is 31.2 Å². The van der Waals surface area contributed by atoms with Gasteiger partial charge >= 0.3 is 5.97 Å². The van der Waals surface area contributed by atoms with Crippen LogP contribution in [0.15, 0.2) is 48.7 Å². The van der Waals surface area contributed by atoms with Gasteiger partial charge in [-0.25, -0.2) is 0 Å². The van der Waals surface area contributed by atoms with Gasteiger partial charge in [0.2, 0.25) is 5.78 Å². The van der Waals surface area contributed by atoms with Crippen molar-refractivity contribution in [1.82, 2.24) is 10.3 Å². The largest absolute Gasteiger partial charge is 0.453 e. The Kier molecular flexibility index (Phi) is 6.02. The predicted molar refractivity (Wildman–Crippen MR) is 107 cm³/mol. The highest BCUT2D eigenvalue weighted by molar-refractivity contribution is 6.42. The summed E-state index contributed by atoms with van der Waals surface area (Å²) in [5.41, 5.74) is 1.51. The van der Waals surface area contributed by atoms with Crippen molar-refractivity contribution in [1.29, 1.82) is 0 Å². The standard InChI is InChI=1S/C20H16Cl2N2O4/c1-11(19(26)14-9-23-17-5-3-2-4-13(14)17)28-18(25)10-24-20(27)12-6-7-15(21)16(22)8-12/h2-9,11,23H,10H2,1H3,(H,24,27). The Morgan fingerprint density at radius 3 is 2.61 bits per heavy atom. The lowest BCUT2D eigenvalue weighted by molar-refractivity contribution is -0.145. The van der Waals surface area contributed by atoms with Crippen LogP contribution in [0.5, 0.6) is 0 Å². The van der Waals surface area contributed by atoms with Crippen LogP contribution < -0.4 is 5.32 Å². The number of hydrogen-bond donors (Lipinski definition) is 2. The number of nitrogens with one attached hydrogen (secondary N) is 2. The van der Waals surface area contributed by atoms with E-state index in [0.717, 1.165) is 10.9 Å². The maximum atomic E-state index is 12.6. The van der Waals surface area contributed by atoms with Crippen LogP contribution in [0.2, 0.25) is 10.0 Å². The van der Waals surface area contributed by atoms with E-state index < -0.39 is 18.0 Å². The number of carbonyl (C=O) groups is 3. The maximum absolute atomic E-state index is 12.6. The van der Waals surface area contributed by atoms with Crippen molar-refractivity contribution >= 4 is 51.8 Å². The number of amides is 1. The Morgan fingerprint density at radius 2 is 1.86 bits per heavy atom. The lowest BCUT2D eigenvalue weighted by Gasteiger charge is -2.12. The van der Waals surface area contributed by atoms with Gasteiger partial charge in [-0.2, -0.15) is 0 Å². The number of aromatic amines is 1. The number of H-pyrrole nitrogens is 1. The van der Waals surface area contributed by atoms with Crippen molar-refractivity contribution in [2.75, 3.05) is 6.54 Å². The molecular weight excluding hydrogens is 403 g/mol. The second kappa shape index (κ2) is 8.46. The van der Waals surface area contributed by atoms with E-state index in [-0.39, 0.29) is 22.9 Å². The highest BCUT2D eigenvalue weighted by Gasteiger charge is 2.22. The molecule has 0 fully saturated rings. The summed E-state index contributed by atoms with van der Waals surface area (Å²) in [7, 11) is 0. The lowest BCUT2D eigenvalue weighted by atomic mass is 10.1. The van der Waals surface area contributed by atoms with Crippen molar-refractivity contribution in [2.24, 2.45) is 0 Å². The molecule has 1 unspecified atom stereocenters. The van der Waals surface area contributed by atoms with E-state index in [9.17, 15) is 14.4 Å². The first kappa shape index (κ1) is 19.9. The minimum Gasteiger partial charge on any atom is -0.453 e. The van der Waals surface area contributed by atoms with Gasteiger partial charge in [-0.3, -0.25) is 14.4 Å². The van der Waals surface area contributed by atoms with E-state index in [0.29, 0.717) is 10.6 Å². The molecule has 0 aliphatic heterocycles. The topological polar surface area (TPSA) is 88.3 Å². The van der Waals surface area contributed by atoms with Crippen LogP contribution in [-0.2, 0) is 9.53 Å². The minimum atomic E-state index is -0.992. The van der Waals surface area contributed by atoms with Crippen LogP contribution in [0.25, 0.3) is 10.9 Å². The van der Waals surface area contributed by atoms with E-state index in [4.69, 9.17) is 27.9 Å². The molecule has 0 bridgehead atoms.